The number of nitrogens with two attached hydrogens (primary N) is 1. The smallest absolute Gasteiger partial charge is 0.0899 e. The first-order valence-electron chi connectivity index (χ1n) is 3.78. The van der Waals surface area contributed by atoms with Crippen molar-refractivity contribution in [1.82, 2.24) is 5.43 Å². The van der Waals surface area contributed by atoms with E-state index in [1.54, 1.807) is 0 Å². The summed E-state index contributed by atoms with van der Waals surface area (Å²) in [6.45, 7) is -0.166. The molecule has 0 amide bonds. The van der Waals surface area contributed by atoms with Gasteiger partial charge in [-0.05, 0) is 31.1 Å². The molecule has 3 fully saturated rings. The molecule has 0 heterocycles. The quantitative estimate of drug-likeness (QED) is 0.452. The summed E-state index contributed by atoms with van der Waals surface area (Å²) in [4.78, 5) is 0. The van der Waals surface area contributed by atoms with Crippen molar-refractivity contribution in [3.05, 3.63) is 0 Å². The van der Waals surface area contributed by atoms with Crippen molar-refractivity contribution >= 4 is 0 Å². The maximum atomic E-state index is 11.9. The molecule has 0 saturated heterocycles. The van der Waals surface area contributed by atoms with Gasteiger partial charge in [-0.3, -0.25) is 15.7 Å². The van der Waals surface area contributed by atoms with Crippen LogP contribution in [-0.4, -0.2) is 12.2 Å². The van der Waals surface area contributed by atoms with Crippen LogP contribution in [0.1, 0.15) is 25.7 Å². The minimum absolute atomic E-state index is 0.166. The second-order valence-corrected chi connectivity index (χ2v) is 3.89. The minimum atomic E-state index is -0.166. The Morgan fingerprint density at radius 2 is 2.00 bits per heavy atom. The van der Waals surface area contributed by atoms with Gasteiger partial charge in [-0.2, -0.15) is 0 Å². The van der Waals surface area contributed by atoms with E-state index in [4.69, 9.17) is 5.84 Å². The highest BCUT2D eigenvalue weighted by molar-refractivity contribution is 5.21. The van der Waals surface area contributed by atoms with E-state index in [9.17, 15) is 4.39 Å². The Hall–Kier alpha value is -0.150. The highest BCUT2D eigenvalue weighted by atomic mass is 19.1. The van der Waals surface area contributed by atoms with Crippen molar-refractivity contribution in [3.63, 3.8) is 0 Å². The molecule has 0 unspecified atom stereocenters. The van der Waals surface area contributed by atoms with E-state index >= 15 is 0 Å². The molecule has 3 saturated carbocycles. The Kier molecular flexibility index (Phi) is 1.12. The Morgan fingerprint density at radius 1 is 1.40 bits per heavy atom. The predicted octanol–water partition coefficient (Wildman–Crippen LogP) is 0.732. The highest BCUT2D eigenvalue weighted by Gasteiger charge is 2.66. The summed E-state index contributed by atoms with van der Waals surface area (Å²) in [6, 6.07) is 0. The zero-order chi connectivity index (χ0) is 7.24. The Labute approximate surface area is 59.9 Å². The lowest BCUT2D eigenvalue weighted by Gasteiger charge is -2.70. The summed E-state index contributed by atoms with van der Waals surface area (Å²) in [7, 11) is 0. The lowest BCUT2D eigenvalue weighted by atomic mass is 9.39. The summed E-state index contributed by atoms with van der Waals surface area (Å²) >= 11 is 0. The standard InChI is InChI=1S/C7H13FN2/c8-2-1-6-3-7(4-6,5-6)10-9/h10H,1-5,9H2. The average Bonchev–Trinajstić information content (AvgIpc) is 1.74. The van der Waals surface area contributed by atoms with E-state index in [2.05, 4.69) is 5.43 Å². The summed E-state index contributed by atoms with van der Waals surface area (Å²) in [5.41, 5.74) is 3.40. The Balaban J connectivity index is 1.86. The van der Waals surface area contributed by atoms with Gasteiger partial charge in [-0.15, -0.1) is 0 Å². The molecule has 0 atom stereocenters. The molecule has 3 N–H and O–H groups in total. The highest BCUT2D eigenvalue weighted by Crippen LogP contribution is 2.68. The molecule has 2 bridgehead atoms. The van der Waals surface area contributed by atoms with Crippen LogP contribution >= 0.6 is 0 Å². The maximum Gasteiger partial charge on any atom is 0.0899 e. The van der Waals surface area contributed by atoms with Crippen LogP contribution in [0, 0.1) is 5.41 Å². The molecular formula is C7H13FN2. The lowest BCUT2D eigenvalue weighted by Crippen LogP contribution is -2.75. The molecule has 0 aromatic rings. The Morgan fingerprint density at radius 3 is 2.40 bits per heavy atom. The number of halogens is 1. The van der Waals surface area contributed by atoms with Crippen LogP contribution in [0.25, 0.3) is 0 Å². The molecule has 3 heteroatoms. The van der Waals surface area contributed by atoms with Crippen molar-refractivity contribution in [2.24, 2.45) is 11.3 Å². The third-order valence-corrected chi connectivity index (χ3v) is 3.07. The molecule has 0 aromatic heterocycles. The monoisotopic (exact) mass is 144 g/mol. The fraction of sp³-hybridized carbons (Fsp3) is 1.00. The minimum Gasteiger partial charge on any atom is -0.271 e. The number of alkyl halides is 1. The summed E-state index contributed by atoms with van der Waals surface area (Å²) in [5, 5.41) is 0. The van der Waals surface area contributed by atoms with Gasteiger partial charge < -0.3 is 0 Å². The molecule has 0 radical (unpaired) electrons. The topological polar surface area (TPSA) is 38.0 Å². The van der Waals surface area contributed by atoms with Crippen molar-refractivity contribution in [1.29, 1.82) is 0 Å². The molecule has 3 aliphatic rings. The normalized spacial score (nSPS) is 49.8. The second-order valence-electron chi connectivity index (χ2n) is 3.89. The third-order valence-electron chi connectivity index (χ3n) is 3.07. The van der Waals surface area contributed by atoms with Crippen LogP contribution < -0.4 is 11.3 Å². The Bertz CT molecular complexity index is 138. The van der Waals surface area contributed by atoms with Crippen molar-refractivity contribution in [2.75, 3.05) is 6.67 Å². The molecule has 0 spiro atoms. The van der Waals surface area contributed by atoms with Gasteiger partial charge in [0.15, 0.2) is 0 Å². The summed E-state index contributed by atoms with van der Waals surface area (Å²) in [5.74, 6) is 5.32. The van der Waals surface area contributed by atoms with Crippen LogP contribution in [0.15, 0.2) is 0 Å². The molecule has 0 aromatic carbocycles. The van der Waals surface area contributed by atoms with E-state index in [1.165, 1.54) is 0 Å². The van der Waals surface area contributed by atoms with Crippen molar-refractivity contribution in [2.45, 2.75) is 31.2 Å². The number of hydrogen-bond acceptors (Lipinski definition) is 2. The van der Waals surface area contributed by atoms with Crippen LogP contribution in [0.4, 0.5) is 4.39 Å². The molecule has 3 rings (SSSR count). The van der Waals surface area contributed by atoms with Crippen LogP contribution in [-0.2, 0) is 0 Å². The molecule has 3 aliphatic carbocycles. The van der Waals surface area contributed by atoms with Crippen molar-refractivity contribution in [3.8, 4) is 0 Å². The van der Waals surface area contributed by atoms with Gasteiger partial charge >= 0.3 is 0 Å². The van der Waals surface area contributed by atoms with E-state index < -0.39 is 0 Å². The largest absolute Gasteiger partial charge is 0.271 e. The van der Waals surface area contributed by atoms with E-state index in [1.807, 2.05) is 0 Å². The fourth-order valence-corrected chi connectivity index (χ4v) is 2.62. The van der Waals surface area contributed by atoms with Crippen LogP contribution in [0.5, 0.6) is 0 Å². The number of hydrazine groups is 1. The first kappa shape index (κ1) is 6.55. The molecule has 2 nitrogen and oxygen atoms in total. The van der Waals surface area contributed by atoms with Gasteiger partial charge in [0.2, 0.25) is 0 Å². The van der Waals surface area contributed by atoms with E-state index in [-0.39, 0.29) is 12.2 Å². The summed E-state index contributed by atoms with van der Waals surface area (Å²) < 4.78 is 11.9. The second kappa shape index (κ2) is 1.71. The van der Waals surface area contributed by atoms with Gasteiger partial charge in [0, 0.05) is 5.54 Å². The third kappa shape index (κ3) is 0.596. The van der Waals surface area contributed by atoms with Gasteiger partial charge in [0.05, 0.1) is 6.67 Å². The first-order chi connectivity index (χ1) is 4.74. The molecule has 10 heavy (non-hydrogen) atoms. The molecular weight excluding hydrogens is 131 g/mol. The van der Waals surface area contributed by atoms with E-state index in [0.29, 0.717) is 5.41 Å². The van der Waals surface area contributed by atoms with E-state index in [0.717, 1.165) is 25.7 Å². The van der Waals surface area contributed by atoms with Crippen LogP contribution in [0.2, 0.25) is 0 Å². The fourth-order valence-electron chi connectivity index (χ4n) is 2.62. The zero-order valence-corrected chi connectivity index (χ0v) is 5.99. The van der Waals surface area contributed by atoms with Gasteiger partial charge in [0.25, 0.3) is 0 Å². The van der Waals surface area contributed by atoms with Gasteiger partial charge in [-0.25, -0.2) is 0 Å². The van der Waals surface area contributed by atoms with Gasteiger partial charge in [0.1, 0.15) is 0 Å². The van der Waals surface area contributed by atoms with Gasteiger partial charge in [-0.1, -0.05) is 0 Å². The van der Waals surface area contributed by atoms with Crippen molar-refractivity contribution < 1.29 is 4.39 Å². The average molecular weight is 144 g/mol. The number of hydrogen-bond donors (Lipinski definition) is 2. The molecule has 0 aliphatic heterocycles. The maximum absolute atomic E-state index is 11.9. The molecule has 58 valence electrons. The number of rotatable bonds is 3. The SMILES string of the molecule is NNC12CC(CCF)(C1)C2. The predicted molar refractivity (Wildman–Crippen MR) is 36.9 cm³/mol. The lowest BCUT2D eigenvalue weighted by molar-refractivity contribution is -0.161. The summed E-state index contributed by atoms with van der Waals surface area (Å²) in [6.07, 6.45) is 4.04. The number of nitrogens with one attached hydrogen (secondary N) is 1. The first-order valence-corrected chi connectivity index (χ1v) is 3.78. The van der Waals surface area contributed by atoms with Crippen LogP contribution in [0.3, 0.4) is 0 Å². The zero-order valence-electron chi connectivity index (χ0n) is 5.99.